The van der Waals surface area contributed by atoms with Crippen molar-refractivity contribution in [3.63, 3.8) is 0 Å². The molecule has 0 saturated carbocycles. The Hall–Kier alpha value is -3.22. The number of hydrazine groups is 2. The molecule has 2 aliphatic rings. The van der Waals surface area contributed by atoms with Gasteiger partial charge in [0.25, 0.3) is 0 Å². The highest BCUT2D eigenvalue weighted by Crippen LogP contribution is 2.36. The van der Waals surface area contributed by atoms with E-state index in [1.54, 1.807) is 6.20 Å². The minimum absolute atomic E-state index is 0.183. The van der Waals surface area contributed by atoms with Gasteiger partial charge in [-0.15, -0.1) is 5.53 Å². The van der Waals surface area contributed by atoms with Crippen molar-refractivity contribution < 1.29 is 0 Å². The molecule has 222 valence electrons. The highest BCUT2D eigenvalue weighted by molar-refractivity contribution is 6.36. The number of benzene rings is 2. The van der Waals surface area contributed by atoms with E-state index in [4.69, 9.17) is 23.2 Å². The monoisotopic (exact) mass is 606 g/mol. The molecule has 3 heterocycles. The molecule has 3 aromatic rings. The van der Waals surface area contributed by atoms with Crippen LogP contribution in [0.15, 0.2) is 54.5 Å². The van der Waals surface area contributed by atoms with E-state index in [9.17, 15) is 5.26 Å². The van der Waals surface area contributed by atoms with Gasteiger partial charge in [-0.25, -0.2) is 0 Å². The molecule has 5 rings (SSSR count). The van der Waals surface area contributed by atoms with Gasteiger partial charge in [-0.3, -0.25) is 14.9 Å². The van der Waals surface area contributed by atoms with Gasteiger partial charge in [0.1, 0.15) is 6.07 Å². The van der Waals surface area contributed by atoms with Gasteiger partial charge in [-0.1, -0.05) is 48.7 Å². The van der Waals surface area contributed by atoms with Crippen LogP contribution in [0.4, 0.5) is 11.4 Å². The Morgan fingerprint density at radius 1 is 1.14 bits per heavy atom. The van der Waals surface area contributed by atoms with Gasteiger partial charge in [0.05, 0.1) is 33.5 Å². The van der Waals surface area contributed by atoms with Crippen LogP contribution in [0, 0.1) is 11.3 Å². The molecular formula is C32H40Cl2N8. The molecule has 10 heteroatoms. The topological polar surface area (TPSA) is 91.3 Å². The van der Waals surface area contributed by atoms with Crippen molar-refractivity contribution in [1.29, 1.82) is 5.26 Å². The summed E-state index contributed by atoms with van der Waals surface area (Å²) in [6, 6.07) is 14.2. The lowest BCUT2D eigenvalue weighted by Gasteiger charge is -2.42. The number of nitriles is 1. The lowest BCUT2D eigenvalue weighted by Crippen LogP contribution is -2.52. The molecule has 1 atom stereocenters. The average Bonchev–Trinajstić information content (AvgIpc) is 3.46. The quantitative estimate of drug-likeness (QED) is 0.190. The third-order valence-corrected chi connectivity index (χ3v) is 8.66. The number of nitrogens with one attached hydrogen (secondary N) is 4. The minimum atomic E-state index is -0.216. The zero-order valence-electron chi connectivity index (χ0n) is 24.8. The van der Waals surface area contributed by atoms with E-state index in [0.717, 1.165) is 73.3 Å². The molecule has 0 spiro atoms. The maximum absolute atomic E-state index is 9.80. The van der Waals surface area contributed by atoms with Gasteiger partial charge in [0.2, 0.25) is 0 Å². The third-order valence-electron chi connectivity index (χ3n) is 8.12. The summed E-state index contributed by atoms with van der Waals surface area (Å²) >= 11 is 13.0. The number of fused-ring (bicyclic) bond motifs is 1. The van der Waals surface area contributed by atoms with Crippen LogP contribution >= 0.6 is 23.2 Å². The lowest BCUT2D eigenvalue weighted by atomic mass is 9.98. The van der Waals surface area contributed by atoms with Crippen molar-refractivity contribution in [2.24, 2.45) is 0 Å². The first kappa shape index (κ1) is 30.2. The first-order valence-corrected chi connectivity index (χ1v) is 15.5. The second-order valence-electron chi connectivity index (χ2n) is 12.0. The number of hydrogen-bond donors (Lipinski definition) is 4. The highest BCUT2D eigenvalue weighted by atomic mass is 35.5. The summed E-state index contributed by atoms with van der Waals surface area (Å²) in [5, 5.41) is 21.2. The number of pyridine rings is 1. The van der Waals surface area contributed by atoms with E-state index in [0.29, 0.717) is 27.2 Å². The van der Waals surface area contributed by atoms with E-state index in [2.05, 4.69) is 76.5 Å². The summed E-state index contributed by atoms with van der Waals surface area (Å²) in [6.07, 6.45) is 7.97. The second-order valence-corrected chi connectivity index (χ2v) is 12.9. The van der Waals surface area contributed by atoms with E-state index in [-0.39, 0.29) is 11.6 Å². The zero-order chi connectivity index (χ0) is 29.9. The summed E-state index contributed by atoms with van der Waals surface area (Å²) in [6.45, 7) is 11.9. The molecule has 0 bridgehead atoms. The first-order valence-electron chi connectivity index (χ1n) is 14.7. The number of piperidine rings is 1. The fourth-order valence-corrected chi connectivity index (χ4v) is 6.07. The summed E-state index contributed by atoms with van der Waals surface area (Å²) < 4.78 is 0. The molecule has 1 aromatic heterocycles. The van der Waals surface area contributed by atoms with Crippen LogP contribution in [0.1, 0.15) is 70.5 Å². The number of unbranched alkanes of at least 4 members (excludes halogenated alkanes) is 1. The number of nitrogens with zero attached hydrogens (tertiary/aromatic N) is 4. The van der Waals surface area contributed by atoms with Crippen molar-refractivity contribution in [3.8, 4) is 6.07 Å². The van der Waals surface area contributed by atoms with Gasteiger partial charge >= 0.3 is 0 Å². The van der Waals surface area contributed by atoms with Crippen LogP contribution in [0.5, 0.6) is 0 Å². The number of halogens is 2. The second kappa shape index (κ2) is 13.0. The lowest BCUT2D eigenvalue weighted by molar-refractivity contribution is 0.0570. The SMILES string of the molecule is CCCCNc1c(C#N)cnc2c(Cl)cc(N[C@H](C3=CN(C4CCN(C(C)(C)C)CC4)NN3)c3ccc(Cl)cc3)cc12. The van der Waals surface area contributed by atoms with Crippen LogP contribution < -0.4 is 21.6 Å². The van der Waals surface area contributed by atoms with Crippen LogP contribution in [-0.4, -0.2) is 46.1 Å². The molecule has 1 fully saturated rings. The molecule has 8 nitrogen and oxygen atoms in total. The first-order chi connectivity index (χ1) is 20.2. The highest BCUT2D eigenvalue weighted by Gasteiger charge is 2.32. The fraction of sp³-hybridized carbons (Fsp3) is 0.438. The van der Waals surface area contributed by atoms with Crippen molar-refractivity contribution in [1.82, 2.24) is 25.9 Å². The molecule has 0 aliphatic carbocycles. The number of anilines is 2. The molecule has 42 heavy (non-hydrogen) atoms. The summed E-state index contributed by atoms with van der Waals surface area (Å²) in [4.78, 5) is 7.06. The van der Waals surface area contributed by atoms with E-state index < -0.39 is 0 Å². The van der Waals surface area contributed by atoms with Crippen LogP contribution in [0.2, 0.25) is 10.0 Å². The molecule has 1 saturated heterocycles. The molecule has 0 unspecified atom stereocenters. The van der Waals surface area contributed by atoms with Crippen molar-refractivity contribution in [2.45, 2.75) is 71.0 Å². The summed E-state index contributed by atoms with van der Waals surface area (Å²) in [5.41, 5.74) is 11.8. The average molecular weight is 608 g/mol. The predicted octanol–water partition coefficient (Wildman–Crippen LogP) is 7.21. The summed E-state index contributed by atoms with van der Waals surface area (Å²) in [7, 11) is 0. The van der Waals surface area contributed by atoms with E-state index >= 15 is 0 Å². The Morgan fingerprint density at radius 2 is 1.88 bits per heavy atom. The Balaban J connectivity index is 1.45. The van der Waals surface area contributed by atoms with Gasteiger partial charge in [0, 0.05) is 59.7 Å². The molecule has 0 amide bonds. The Morgan fingerprint density at radius 3 is 2.55 bits per heavy atom. The van der Waals surface area contributed by atoms with E-state index in [1.165, 1.54) is 0 Å². The standard InChI is InChI=1S/C32H40Cl2N8/c1-5-6-13-36-29-22(18-35)19-37-31-26(29)16-24(17-27(31)34)38-30(21-7-9-23(33)10-8-21)28-20-42(40-39-28)25-11-14-41(15-12-25)32(2,3)4/h7-10,16-17,19-20,25,30,38-40H,5-6,11-15H2,1-4H3,(H,36,37)/t30-/m0/s1. The van der Waals surface area contributed by atoms with Gasteiger partial charge < -0.3 is 16.1 Å². The summed E-state index contributed by atoms with van der Waals surface area (Å²) in [5.74, 6) is 0. The van der Waals surface area contributed by atoms with Crippen LogP contribution in [-0.2, 0) is 0 Å². The maximum Gasteiger partial charge on any atom is 0.103 e. The van der Waals surface area contributed by atoms with Crippen LogP contribution in [0.25, 0.3) is 10.9 Å². The third kappa shape index (κ3) is 6.71. The Labute approximate surface area is 259 Å². The molecule has 2 aliphatic heterocycles. The van der Waals surface area contributed by atoms with Crippen LogP contribution in [0.3, 0.4) is 0 Å². The molecule has 4 N–H and O–H groups in total. The number of rotatable bonds is 9. The van der Waals surface area contributed by atoms with Crippen molar-refractivity contribution in [3.05, 3.63) is 75.7 Å². The Bertz CT molecular complexity index is 1470. The van der Waals surface area contributed by atoms with Crippen molar-refractivity contribution >= 4 is 45.5 Å². The number of hydrogen-bond acceptors (Lipinski definition) is 8. The van der Waals surface area contributed by atoms with E-state index in [1.807, 2.05) is 36.4 Å². The zero-order valence-corrected chi connectivity index (χ0v) is 26.3. The molecule has 2 aromatic carbocycles. The smallest absolute Gasteiger partial charge is 0.103 e. The fourth-order valence-electron chi connectivity index (χ4n) is 5.67. The molecule has 0 radical (unpaired) electrons. The maximum atomic E-state index is 9.80. The number of aromatic nitrogens is 1. The molecular weight excluding hydrogens is 567 g/mol. The van der Waals surface area contributed by atoms with Crippen molar-refractivity contribution in [2.75, 3.05) is 30.3 Å². The van der Waals surface area contributed by atoms with Gasteiger partial charge in [-0.05, 0) is 69.9 Å². The predicted molar refractivity (Wildman–Crippen MR) is 173 cm³/mol. The number of likely N-dealkylation sites (tertiary alicyclic amines) is 1. The minimum Gasteiger partial charge on any atom is -0.383 e. The van der Waals surface area contributed by atoms with Gasteiger partial charge in [-0.2, -0.15) is 5.26 Å². The Kier molecular flexibility index (Phi) is 9.34. The largest absolute Gasteiger partial charge is 0.383 e. The normalized spacial score (nSPS) is 17.1. The van der Waals surface area contributed by atoms with Gasteiger partial charge in [0.15, 0.2) is 0 Å².